The lowest BCUT2D eigenvalue weighted by molar-refractivity contribution is -0.120. The van der Waals surface area contributed by atoms with Crippen LogP contribution in [-0.2, 0) is 4.79 Å². The van der Waals surface area contributed by atoms with Crippen molar-refractivity contribution in [3.05, 3.63) is 12.2 Å². The van der Waals surface area contributed by atoms with E-state index in [9.17, 15) is 4.79 Å². The lowest BCUT2D eigenvalue weighted by Gasteiger charge is -2.29. The van der Waals surface area contributed by atoms with Gasteiger partial charge in [0.1, 0.15) is 5.78 Å². The van der Waals surface area contributed by atoms with Crippen molar-refractivity contribution in [3.63, 3.8) is 0 Å². The van der Waals surface area contributed by atoms with E-state index in [-0.39, 0.29) is 0 Å². The molecule has 68 valence electrons. The van der Waals surface area contributed by atoms with Crippen LogP contribution in [0, 0.1) is 11.8 Å². The Kier molecular flexibility index (Phi) is 3.07. The number of carbonyl (C=O) groups is 1. The van der Waals surface area contributed by atoms with Crippen molar-refractivity contribution >= 4 is 5.78 Å². The topological polar surface area (TPSA) is 17.1 Å². The molecular formula is C11H18O. The molecule has 12 heavy (non-hydrogen) atoms. The first-order valence-electron chi connectivity index (χ1n) is 4.84. The summed E-state index contributed by atoms with van der Waals surface area (Å²) >= 11 is 0. The molecule has 0 aromatic heterocycles. The zero-order chi connectivity index (χ0) is 9.14. The molecule has 0 aromatic carbocycles. The largest absolute Gasteiger partial charge is 0.299 e. The van der Waals surface area contributed by atoms with Gasteiger partial charge in [0.25, 0.3) is 0 Å². The van der Waals surface area contributed by atoms with E-state index < -0.39 is 0 Å². The Morgan fingerprint density at radius 3 is 2.83 bits per heavy atom. The normalized spacial score (nSPS) is 30.8. The van der Waals surface area contributed by atoms with Crippen LogP contribution in [0.4, 0.5) is 0 Å². The molecule has 0 unspecified atom stereocenters. The highest BCUT2D eigenvalue weighted by atomic mass is 16.1. The standard InChI is InChI=1S/C11H18O/c1-4-5-10-7-11(12)6-8(2)9(10)3/h9-10H,2,4-7H2,1,3H3/t9-,10-/m1/s1. The highest BCUT2D eigenvalue weighted by Gasteiger charge is 2.27. The summed E-state index contributed by atoms with van der Waals surface area (Å²) in [7, 11) is 0. The Bertz CT molecular complexity index is 193. The van der Waals surface area contributed by atoms with E-state index in [1.165, 1.54) is 12.8 Å². The molecule has 1 fully saturated rings. The van der Waals surface area contributed by atoms with Gasteiger partial charge in [-0.3, -0.25) is 4.79 Å². The van der Waals surface area contributed by atoms with Gasteiger partial charge in [0, 0.05) is 12.8 Å². The first kappa shape index (κ1) is 9.50. The fourth-order valence-corrected chi connectivity index (χ4v) is 2.01. The Morgan fingerprint density at radius 2 is 2.25 bits per heavy atom. The first-order chi connectivity index (χ1) is 5.65. The molecule has 0 radical (unpaired) electrons. The van der Waals surface area contributed by atoms with E-state index in [4.69, 9.17) is 0 Å². The summed E-state index contributed by atoms with van der Waals surface area (Å²) in [6.07, 6.45) is 3.76. The maximum atomic E-state index is 11.2. The molecule has 0 spiro atoms. The van der Waals surface area contributed by atoms with Crippen LogP contribution in [0.25, 0.3) is 0 Å². The number of Topliss-reactive ketones (excluding diaryl/α,β-unsaturated/α-hetero) is 1. The Balaban J connectivity index is 2.59. The van der Waals surface area contributed by atoms with Crippen LogP contribution in [0.15, 0.2) is 12.2 Å². The average molecular weight is 166 g/mol. The molecule has 1 aliphatic carbocycles. The number of carbonyl (C=O) groups excluding carboxylic acids is 1. The second-order valence-corrected chi connectivity index (χ2v) is 3.92. The highest BCUT2D eigenvalue weighted by molar-refractivity contribution is 5.82. The molecule has 0 heterocycles. The first-order valence-corrected chi connectivity index (χ1v) is 4.84. The van der Waals surface area contributed by atoms with Crippen LogP contribution in [0.5, 0.6) is 0 Å². The minimum absolute atomic E-state index is 0.386. The van der Waals surface area contributed by atoms with E-state index in [0.717, 1.165) is 12.0 Å². The molecule has 0 N–H and O–H groups in total. The number of hydrogen-bond acceptors (Lipinski definition) is 1. The summed E-state index contributed by atoms with van der Waals surface area (Å²) in [5.74, 6) is 1.52. The summed E-state index contributed by atoms with van der Waals surface area (Å²) in [4.78, 5) is 11.2. The van der Waals surface area contributed by atoms with Crippen LogP contribution in [0.3, 0.4) is 0 Å². The van der Waals surface area contributed by atoms with Crippen molar-refractivity contribution in [1.82, 2.24) is 0 Å². The molecule has 1 aliphatic rings. The zero-order valence-corrected chi connectivity index (χ0v) is 8.10. The third kappa shape index (κ3) is 1.96. The van der Waals surface area contributed by atoms with E-state index >= 15 is 0 Å². The van der Waals surface area contributed by atoms with E-state index in [1.54, 1.807) is 0 Å². The Labute approximate surface area is 74.9 Å². The molecule has 0 saturated heterocycles. The maximum absolute atomic E-state index is 11.2. The minimum Gasteiger partial charge on any atom is -0.299 e. The van der Waals surface area contributed by atoms with Crippen LogP contribution < -0.4 is 0 Å². The fourth-order valence-electron chi connectivity index (χ4n) is 2.01. The Hall–Kier alpha value is -0.590. The molecule has 1 heteroatoms. The van der Waals surface area contributed by atoms with Gasteiger partial charge in [0.15, 0.2) is 0 Å². The molecule has 1 nitrogen and oxygen atoms in total. The smallest absolute Gasteiger partial charge is 0.137 e. The number of ketones is 1. The molecule has 0 aliphatic heterocycles. The Morgan fingerprint density at radius 1 is 1.58 bits per heavy atom. The van der Waals surface area contributed by atoms with Crippen molar-refractivity contribution in [3.8, 4) is 0 Å². The van der Waals surface area contributed by atoms with Gasteiger partial charge in [-0.15, -0.1) is 0 Å². The second kappa shape index (κ2) is 3.88. The van der Waals surface area contributed by atoms with Gasteiger partial charge in [0.05, 0.1) is 0 Å². The van der Waals surface area contributed by atoms with Gasteiger partial charge >= 0.3 is 0 Å². The van der Waals surface area contributed by atoms with Crippen molar-refractivity contribution in [2.24, 2.45) is 11.8 Å². The van der Waals surface area contributed by atoms with E-state index in [1.807, 2.05) is 0 Å². The SMILES string of the molecule is C=C1CC(=O)C[C@@H](CCC)[C@@H]1C. The van der Waals surface area contributed by atoms with Crippen LogP contribution in [-0.4, -0.2) is 5.78 Å². The maximum Gasteiger partial charge on any atom is 0.137 e. The molecule has 0 amide bonds. The van der Waals surface area contributed by atoms with Crippen molar-refractivity contribution in [2.75, 3.05) is 0 Å². The molecule has 2 atom stereocenters. The highest BCUT2D eigenvalue weighted by Crippen LogP contribution is 2.33. The number of hydrogen-bond donors (Lipinski definition) is 0. The third-order valence-electron chi connectivity index (χ3n) is 2.92. The lowest BCUT2D eigenvalue weighted by Crippen LogP contribution is -2.24. The average Bonchev–Trinajstić information content (AvgIpc) is 2.00. The van der Waals surface area contributed by atoms with Gasteiger partial charge in [0.2, 0.25) is 0 Å². The fraction of sp³-hybridized carbons (Fsp3) is 0.727. The summed E-state index contributed by atoms with van der Waals surface area (Å²) in [6.45, 7) is 8.34. The van der Waals surface area contributed by atoms with Gasteiger partial charge < -0.3 is 0 Å². The third-order valence-corrected chi connectivity index (χ3v) is 2.92. The van der Waals surface area contributed by atoms with Crippen LogP contribution >= 0.6 is 0 Å². The van der Waals surface area contributed by atoms with E-state index in [2.05, 4.69) is 20.4 Å². The summed E-state index contributed by atoms with van der Waals surface area (Å²) < 4.78 is 0. The molecule has 0 aromatic rings. The van der Waals surface area contributed by atoms with Gasteiger partial charge in [-0.1, -0.05) is 32.4 Å². The van der Waals surface area contributed by atoms with Crippen molar-refractivity contribution in [2.45, 2.75) is 39.5 Å². The van der Waals surface area contributed by atoms with Gasteiger partial charge in [-0.05, 0) is 18.3 Å². The van der Waals surface area contributed by atoms with E-state index in [0.29, 0.717) is 24.0 Å². The predicted molar refractivity (Wildman–Crippen MR) is 50.9 cm³/mol. The predicted octanol–water partition coefficient (Wildman–Crippen LogP) is 2.96. The quantitative estimate of drug-likeness (QED) is 0.576. The molecule has 1 rings (SSSR count). The summed E-state index contributed by atoms with van der Waals surface area (Å²) in [6, 6.07) is 0. The molecular weight excluding hydrogens is 148 g/mol. The number of allylic oxidation sites excluding steroid dienone is 1. The number of rotatable bonds is 2. The van der Waals surface area contributed by atoms with Gasteiger partial charge in [-0.2, -0.15) is 0 Å². The van der Waals surface area contributed by atoms with Crippen molar-refractivity contribution < 1.29 is 4.79 Å². The van der Waals surface area contributed by atoms with Gasteiger partial charge in [-0.25, -0.2) is 0 Å². The summed E-state index contributed by atoms with van der Waals surface area (Å²) in [5.41, 5.74) is 1.14. The van der Waals surface area contributed by atoms with Crippen LogP contribution in [0.2, 0.25) is 0 Å². The van der Waals surface area contributed by atoms with Crippen molar-refractivity contribution in [1.29, 1.82) is 0 Å². The molecule has 0 bridgehead atoms. The zero-order valence-electron chi connectivity index (χ0n) is 8.10. The second-order valence-electron chi connectivity index (χ2n) is 3.92. The summed E-state index contributed by atoms with van der Waals surface area (Å²) in [5, 5.41) is 0. The van der Waals surface area contributed by atoms with Crippen LogP contribution in [0.1, 0.15) is 39.5 Å². The minimum atomic E-state index is 0.386. The monoisotopic (exact) mass is 166 g/mol. The molecule has 1 saturated carbocycles. The lowest BCUT2D eigenvalue weighted by atomic mass is 9.75.